The number of urea groups is 1. The van der Waals surface area contributed by atoms with Gasteiger partial charge in [0.25, 0.3) is 0 Å². The van der Waals surface area contributed by atoms with Gasteiger partial charge in [0.2, 0.25) is 5.89 Å². The molecule has 1 fully saturated rings. The highest BCUT2D eigenvalue weighted by Gasteiger charge is 2.30. The molecule has 0 aromatic carbocycles. The molecule has 4 heterocycles. The molecule has 1 saturated heterocycles. The number of rotatable bonds is 2. The van der Waals surface area contributed by atoms with Crippen LogP contribution in [0.2, 0.25) is 0 Å². The third-order valence-corrected chi connectivity index (χ3v) is 4.06. The number of amides is 2. The highest BCUT2D eigenvalue weighted by atomic mass is 16.5. The number of nitrogens with zero attached hydrogens (tertiary/aromatic N) is 4. The van der Waals surface area contributed by atoms with Crippen molar-refractivity contribution in [2.45, 2.75) is 19.3 Å². The summed E-state index contributed by atoms with van der Waals surface area (Å²) in [6.45, 7) is 3.01. The number of carbonyl (C=O) groups excluding carboxylic acids is 1. The number of likely N-dealkylation sites (tertiary alicyclic amines) is 1. The van der Waals surface area contributed by atoms with Crippen LogP contribution in [0, 0.1) is 6.92 Å². The number of aromatic amines is 1. The molecular formula is C15H16N6O2. The molecule has 0 aliphatic carbocycles. The Morgan fingerprint density at radius 1 is 1.52 bits per heavy atom. The summed E-state index contributed by atoms with van der Waals surface area (Å²) in [7, 11) is 0. The molecule has 0 bridgehead atoms. The number of carbonyl (C=O) groups is 1. The predicted molar refractivity (Wildman–Crippen MR) is 83.1 cm³/mol. The molecular weight excluding hydrogens is 296 g/mol. The molecule has 1 atom stereocenters. The average molecular weight is 312 g/mol. The van der Waals surface area contributed by atoms with E-state index < -0.39 is 0 Å². The molecule has 0 radical (unpaired) electrons. The average Bonchev–Trinajstić information content (AvgIpc) is 3.26. The molecule has 0 spiro atoms. The van der Waals surface area contributed by atoms with Gasteiger partial charge in [0.15, 0.2) is 5.82 Å². The Labute approximate surface area is 131 Å². The minimum absolute atomic E-state index is 0.123. The fourth-order valence-electron chi connectivity index (χ4n) is 2.84. The summed E-state index contributed by atoms with van der Waals surface area (Å²) < 4.78 is 5.01. The lowest BCUT2D eigenvalue weighted by atomic mass is 10.1. The molecule has 1 unspecified atom stereocenters. The summed E-state index contributed by atoms with van der Waals surface area (Å²) in [5, 5.41) is 7.80. The molecule has 0 saturated carbocycles. The second kappa shape index (κ2) is 5.38. The van der Waals surface area contributed by atoms with Crippen molar-refractivity contribution in [3.05, 3.63) is 36.2 Å². The lowest BCUT2D eigenvalue weighted by Crippen LogP contribution is -2.33. The molecule has 118 valence electrons. The Hall–Kier alpha value is -2.90. The first-order valence-electron chi connectivity index (χ1n) is 7.48. The van der Waals surface area contributed by atoms with E-state index in [4.69, 9.17) is 4.52 Å². The van der Waals surface area contributed by atoms with Crippen molar-refractivity contribution in [1.82, 2.24) is 25.0 Å². The van der Waals surface area contributed by atoms with E-state index in [2.05, 4.69) is 25.4 Å². The highest BCUT2D eigenvalue weighted by molar-refractivity contribution is 5.91. The number of aryl methyl sites for hydroxylation is 1. The van der Waals surface area contributed by atoms with Crippen LogP contribution in [0.4, 0.5) is 10.6 Å². The van der Waals surface area contributed by atoms with E-state index in [1.165, 1.54) is 0 Å². The van der Waals surface area contributed by atoms with Crippen LogP contribution in [0.1, 0.15) is 24.1 Å². The molecule has 23 heavy (non-hydrogen) atoms. The van der Waals surface area contributed by atoms with Gasteiger partial charge in [-0.15, -0.1) is 0 Å². The molecule has 8 heteroatoms. The normalized spacial score (nSPS) is 17.8. The molecule has 2 amide bonds. The Morgan fingerprint density at radius 3 is 3.26 bits per heavy atom. The smallest absolute Gasteiger partial charge is 0.323 e. The fraction of sp³-hybridized carbons (Fsp3) is 0.333. The van der Waals surface area contributed by atoms with Crippen LogP contribution < -0.4 is 5.32 Å². The van der Waals surface area contributed by atoms with Crippen molar-refractivity contribution in [2.24, 2.45) is 0 Å². The number of aromatic nitrogens is 4. The summed E-state index contributed by atoms with van der Waals surface area (Å²) in [5.41, 5.74) is 0.941. The largest absolute Gasteiger partial charge is 0.360 e. The van der Waals surface area contributed by atoms with Gasteiger partial charge in [-0.2, -0.15) is 4.98 Å². The number of hydrogen-bond donors (Lipinski definition) is 2. The molecule has 3 aromatic heterocycles. The van der Waals surface area contributed by atoms with E-state index in [9.17, 15) is 4.79 Å². The lowest BCUT2D eigenvalue weighted by Gasteiger charge is -2.16. The summed E-state index contributed by atoms with van der Waals surface area (Å²) in [5.74, 6) is 1.89. The molecule has 3 aromatic rings. The molecule has 8 nitrogen and oxygen atoms in total. The number of pyridine rings is 1. The topological polar surface area (TPSA) is 99.9 Å². The van der Waals surface area contributed by atoms with Crippen LogP contribution in [-0.4, -0.2) is 44.1 Å². The first-order chi connectivity index (χ1) is 11.2. The molecule has 1 aliphatic rings. The minimum Gasteiger partial charge on any atom is -0.360 e. The van der Waals surface area contributed by atoms with Gasteiger partial charge in [-0.3, -0.25) is 5.32 Å². The number of anilines is 1. The summed E-state index contributed by atoms with van der Waals surface area (Å²) in [4.78, 5) is 25.7. The van der Waals surface area contributed by atoms with Crippen LogP contribution in [0.25, 0.3) is 10.9 Å². The number of H-pyrrole nitrogens is 1. The van der Waals surface area contributed by atoms with Gasteiger partial charge in [-0.25, -0.2) is 9.78 Å². The number of nitrogens with one attached hydrogen (secondary N) is 2. The first kappa shape index (κ1) is 13.7. The van der Waals surface area contributed by atoms with Gasteiger partial charge >= 0.3 is 6.03 Å². The van der Waals surface area contributed by atoms with Gasteiger partial charge < -0.3 is 14.4 Å². The van der Waals surface area contributed by atoms with Crippen LogP contribution in [0.3, 0.4) is 0 Å². The summed E-state index contributed by atoms with van der Waals surface area (Å²) >= 11 is 0. The first-order valence-corrected chi connectivity index (χ1v) is 7.48. The number of fused-ring (bicyclic) bond motifs is 1. The van der Waals surface area contributed by atoms with Crippen LogP contribution in [0.15, 0.2) is 29.0 Å². The highest BCUT2D eigenvalue weighted by Crippen LogP contribution is 2.25. The van der Waals surface area contributed by atoms with Crippen molar-refractivity contribution >= 4 is 22.8 Å². The van der Waals surface area contributed by atoms with Gasteiger partial charge in [0, 0.05) is 37.5 Å². The lowest BCUT2D eigenvalue weighted by molar-refractivity contribution is 0.221. The van der Waals surface area contributed by atoms with Crippen molar-refractivity contribution in [3.63, 3.8) is 0 Å². The molecule has 4 rings (SSSR count). The molecule has 1 aliphatic heterocycles. The van der Waals surface area contributed by atoms with E-state index in [1.54, 1.807) is 18.0 Å². The third-order valence-electron chi connectivity index (χ3n) is 4.06. The second-order valence-electron chi connectivity index (χ2n) is 5.67. The quantitative estimate of drug-likeness (QED) is 0.756. The standard InChI is InChI=1S/C15H16N6O2/c1-9-18-14(20-23-9)11-3-5-21(8-11)15(22)19-13-6-10-2-4-16-12(10)7-17-13/h2,4,6-7,11,16H,3,5,8H2,1H3,(H,17,19,22). The van der Waals surface area contributed by atoms with Gasteiger partial charge in [0.1, 0.15) is 5.82 Å². The Morgan fingerprint density at radius 2 is 2.43 bits per heavy atom. The molecule has 2 N–H and O–H groups in total. The SMILES string of the molecule is Cc1nc(C2CCN(C(=O)Nc3cc4cc[nH]c4cn3)C2)no1. The van der Waals surface area contributed by atoms with Crippen molar-refractivity contribution in [1.29, 1.82) is 0 Å². The Balaban J connectivity index is 1.43. The summed E-state index contributed by atoms with van der Waals surface area (Å²) in [6.07, 6.45) is 4.38. The zero-order valence-corrected chi connectivity index (χ0v) is 12.6. The summed E-state index contributed by atoms with van der Waals surface area (Å²) in [6, 6.07) is 3.63. The Kier molecular flexibility index (Phi) is 3.22. The zero-order chi connectivity index (χ0) is 15.8. The maximum absolute atomic E-state index is 12.4. The maximum Gasteiger partial charge on any atom is 0.323 e. The van der Waals surface area contributed by atoms with Crippen LogP contribution in [0.5, 0.6) is 0 Å². The predicted octanol–water partition coefficient (Wildman–Crippen LogP) is 2.28. The number of hydrogen-bond acceptors (Lipinski definition) is 5. The monoisotopic (exact) mass is 312 g/mol. The van der Waals surface area contributed by atoms with Crippen molar-refractivity contribution in [3.8, 4) is 0 Å². The van der Waals surface area contributed by atoms with Gasteiger partial charge in [0.05, 0.1) is 11.7 Å². The second-order valence-corrected chi connectivity index (χ2v) is 5.67. The minimum atomic E-state index is -0.157. The van der Waals surface area contributed by atoms with E-state index in [-0.39, 0.29) is 11.9 Å². The van der Waals surface area contributed by atoms with E-state index >= 15 is 0 Å². The van der Waals surface area contributed by atoms with Crippen LogP contribution >= 0.6 is 0 Å². The third kappa shape index (κ3) is 2.63. The van der Waals surface area contributed by atoms with Gasteiger partial charge in [-0.05, 0) is 18.6 Å². The Bertz CT molecular complexity index is 854. The van der Waals surface area contributed by atoms with E-state index in [0.29, 0.717) is 30.6 Å². The van der Waals surface area contributed by atoms with E-state index in [1.807, 2.05) is 18.3 Å². The zero-order valence-electron chi connectivity index (χ0n) is 12.6. The van der Waals surface area contributed by atoms with E-state index in [0.717, 1.165) is 17.3 Å². The maximum atomic E-state index is 12.4. The van der Waals surface area contributed by atoms with Crippen molar-refractivity contribution in [2.75, 3.05) is 18.4 Å². The fourth-order valence-corrected chi connectivity index (χ4v) is 2.84. The van der Waals surface area contributed by atoms with Crippen molar-refractivity contribution < 1.29 is 9.32 Å². The van der Waals surface area contributed by atoms with Crippen LogP contribution in [-0.2, 0) is 0 Å². The van der Waals surface area contributed by atoms with Gasteiger partial charge in [-0.1, -0.05) is 5.16 Å².